The molecule has 0 saturated carbocycles. The van der Waals surface area contributed by atoms with Gasteiger partial charge >= 0.3 is 0 Å². The smallest absolute Gasteiger partial charge is 0.163 e. The van der Waals surface area contributed by atoms with Crippen LogP contribution in [0.15, 0.2) is 54.6 Å². The van der Waals surface area contributed by atoms with E-state index in [9.17, 15) is 0 Å². The Bertz CT molecular complexity index is 1040. The lowest BCUT2D eigenvalue weighted by atomic mass is 10.1. The molecule has 5 nitrogen and oxygen atoms in total. The SMILES string of the molecule is CCOc1cc(CNCCc2ccc(OC)c(OC)c2)c(Cl)cc1OCc1ccc(Cl)cc1. The quantitative estimate of drug-likeness (QED) is 0.301. The van der Waals surface area contributed by atoms with Crippen LogP contribution < -0.4 is 24.3 Å². The number of hydrogen-bond acceptors (Lipinski definition) is 5. The molecule has 176 valence electrons. The molecule has 0 aliphatic carbocycles. The van der Waals surface area contributed by atoms with E-state index in [1.165, 1.54) is 0 Å². The van der Waals surface area contributed by atoms with Crippen LogP contribution in [0, 0.1) is 0 Å². The normalized spacial score (nSPS) is 10.7. The fraction of sp³-hybridized carbons (Fsp3) is 0.308. The molecular weight excluding hydrogens is 461 g/mol. The molecule has 0 atom stereocenters. The van der Waals surface area contributed by atoms with Crippen molar-refractivity contribution in [3.05, 3.63) is 81.3 Å². The van der Waals surface area contributed by atoms with Crippen LogP contribution >= 0.6 is 23.2 Å². The molecule has 3 rings (SSSR count). The molecule has 0 amide bonds. The van der Waals surface area contributed by atoms with E-state index in [2.05, 4.69) is 5.32 Å². The molecule has 3 aromatic rings. The topological polar surface area (TPSA) is 49.0 Å². The van der Waals surface area contributed by atoms with Gasteiger partial charge in [0.05, 0.1) is 20.8 Å². The average Bonchev–Trinajstić information content (AvgIpc) is 2.83. The van der Waals surface area contributed by atoms with Crippen LogP contribution in [0.25, 0.3) is 0 Å². The monoisotopic (exact) mass is 489 g/mol. The lowest BCUT2D eigenvalue weighted by Gasteiger charge is -2.15. The largest absolute Gasteiger partial charge is 0.493 e. The van der Waals surface area contributed by atoms with Gasteiger partial charge in [-0.2, -0.15) is 0 Å². The molecule has 0 radical (unpaired) electrons. The maximum Gasteiger partial charge on any atom is 0.163 e. The molecule has 0 spiro atoms. The minimum absolute atomic E-state index is 0.399. The van der Waals surface area contributed by atoms with Gasteiger partial charge in [-0.3, -0.25) is 0 Å². The highest BCUT2D eigenvalue weighted by Crippen LogP contribution is 2.34. The molecule has 0 bridgehead atoms. The second-order valence-electron chi connectivity index (χ2n) is 7.35. The highest BCUT2D eigenvalue weighted by Gasteiger charge is 2.12. The predicted octanol–water partition coefficient (Wildman–Crippen LogP) is 6.32. The van der Waals surface area contributed by atoms with Crippen molar-refractivity contribution in [2.24, 2.45) is 0 Å². The number of nitrogens with one attached hydrogen (secondary N) is 1. The lowest BCUT2D eigenvalue weighted by molar-refractivity contribution is 0.269. The summed E-state index contributed by atoms with van der Waals surface area (Å²) in [5, 5.41) is 4.77. The first kappa shape index (κ1) is 25.0. The summed E-state index contributed by atoms with van der Waals surface area (Å²) >= 11 is 12.5. The van der Waals surface area contributed by atoms with Crippen molar-refractivity contribution in [3.63, 3.8) is 0 Å². The van der Waals surface area contributed by atoms with Gasteiger partial charge < -0.3 is 24.3 Å². The number of rotatable bonds is 12. The molecule has 7 heteroatoms. The summed E-state index contributed by atoms with van der Waals surface area (Å²) < 4.78 is 22.5. The van der Waals surface area contributed by atoms with Crippen molar-refractivity contribution in [2.45, 2.75) is 26.5 Å². The number of methoxy groups -OCH3 is 2. The summed E-state index contributed by atoms with van der Waals surface area (Å²) in [6.45, 7) is 4.27. The fourth-order valence-corrected chi connectivity index (χ4v) is 3.67. The van der Waals surface area contributed by atoms with Gasteiger partial charge in [-0.05, 0) is 66.9 Å². The molecule has 1 N–H and O–H groups in total. The molecule has 3 aromatic carbocycles. The summed E-state index contributed by atoms with van der Waals surface area (Å²) in [5.41, 5.74) is 3.12. The Morgan fingerprint density at radius 2 is 1.45 bits per heavy atom. The third-order valence-corrected chi connectivity index (χ3v) is 5.68. The molecule has 33 heavy (non-hydrogen) atoms. The van der Waals surface area contributed by atoms with Gasteiger partial charge in [-0.25, -0.2) is 0 Å². The van der Waals surface area contributed by atoms with Crippen LogP contribution in [-0.2, 0) is 19.6 Å². The molecule has 0 aliphatic rings. The van der Waals surface area contributed by atoms with Crippen molar-refractivity contribution in [1.29, 1.82) is 0 Å². The van der Waals surface area contributed by atoms with Gasteiger partial charge in [-0.15, -0.1) is 0 Å². The summed E-state index contributed by atoms with van der Waals surface area (Å²) in [4.78, 5) is 0. The summed E-state index contributed by atoms with van der Waals surface area (Å²) in [6.07, 6.45) is 0.846. The third-order valence-electron chi connectivity index (χ3n) is 5.07. The molecule has 0 fully saturated rings. The maximum atomic E-state index is 6.55. The minimum Gasteiger partial charge on any atom is -0.493 e. The number of ether oxygens (including phenoxy) is 4. The van der Waals surface area contributed by atoms with Crippen LogP contribution in [0.3, 0.4) is 0 Å². The average molecular weight is 490 g/mol. The van der Waals surface area contributed by atoms with Gasteiger partial charge in [0.15, 0.2) is 23.0 Å². The van der Waals surface area contributed by atoms with Crippen molar-refractivity contribution in [2.75, 3.05) is 27.4 Å². The third kappa shape index (κ3) is 7.19. The minimum atomic E-state index is 0.399. The van der Waals surface area contributed by atoms with E-state index in [1.54, 1.807) is 14.2 Å². The molecule has 0 aliphatic heterocycles. The van der Waals surface area contributed by atoms with Crippen LogP contribution in [-0.4, -0.2) is 27.4 Å². The first-order chi connectivity index (χ1) is 16.0. The van der Waals surface area contributed by atoms with Crippen molar-refractivity contribution in [3.8, 4) is 23.0 Å². The van der Waals surface area contributed by atoms with Crippen molar-refractivity contribution in [1.82, 2.24) is 5.32 Å². The van der Waals surface area contributed by atoms with Crippen LogP contribution in [0.5, 0.6) is 23.0 Å². The zero-order valence-corrected chi connectivity index (χ0v) is 20.6. The number of hydrogen-bond donors (Lipinski definition) is 1. The van der Waals surface area contributed by atoms with Crippen molar-refractivity contribution < 1.29 is 18.9 Å². The first-order valence-corrected chi connectivity index (χ1v) is 11.5. The molecule has 0 aromatic heterocycles. The van der Waals surface area contributed by atoms with E-state index < -0.39 is 0 Å². The van der Waals surface area contributed by atoms with Gasteiger partial charge in [0, 0.05) is 22.7 Å². The Morgan fingerprint density at radius 1 is 0.758 bits per heavy atom. The highest BCUT2D eigenvalue weighted by atomic mass is 35.5. The predicted molar refractivity (Wildman–Crippen MR) is 133 cm³/mol. The van der Waals surface area contributed by atoms with E-state index in [0.29, 0.717) is 41.3 Å². The second kappa shape index (κ2) is 12.6. The van der Waals surface area contributed by atoms with E-state index in [1.807, 2.05) is 61.5 Å². The number of benzene rings is 3. The Kier molecular flexibility index (Phi) is 9.55. The highest BCUT2D eigenvalue weighted by molar-refractivity contribution is 6.31. The summed E-state index contributed by atoms with van der Waals surface area (Å²) in [7, 11) is 3.27. The number of halogens is 2. The van der Waals surface area contributed by atoms with E-state index in [0.717, 1.165) is 41.2 Å². The van der Waals surface area contributed by atoms with Crippen LogP contribution in [0.4, 0.5) is 0 Å². The maximum absolute atomic E-state index is 6.55. The van der Waals surface area contributed by atoms with Gasteiger partial charge in [0.1, 0.15) is 6.61 Å². The first-order valence-electron chi connectivity index (χ1n) is 10.8. The van der Waals surface area contributed by atoms with Gasteiger partial charge in [-0.1, -0.05) is 41.4 Å². The Balaban J connectivity index is 1.59. The molecule has 0 heterocycles. The summed E-state index contributed by atoms with van der Waals surface area (Å²) in [6, 6.07) is 17.2. The fourth-order valence-electron chi connectivity index (χ4n) is 3.33. The van der Waals surface area contributed by atoms with Gasteiger partial charge in [0.2, 0.25) is 0 Å². The zero-order chi connectivity index (χ0) is 23.6. The van der Waals surface area contributed by atoms with Crippen LogP contribution in [0.1, 0.15) is 23.6 Å². The van der Waals surface area contributed by atoms with E-state index in [-0.39, 0.29) is 0 Å². The second-order valence-corrected chi connectivity index (χ2v) is 8.20. The van der Waals surface area contributed by atoms with Gasteiger partial charge in [0.25, 0.3) is 0 Å². The van der Waals surface area contributed by atoms with Crippen LogP contribution in [0.2, 0.25) is 10.0 Å². The Morgan fingerprint density at radius 3 is 2.15 bits per heavy atom. The molecule has 0 unspecified atom stereocenters. The molecule has 0 saturated heterocycles. The van der Waals surface area contributed by atoms with E-state index >= 15 is 0 Å². The standard InChI is InChI=1S/C26H29Cl2NO4/c1-4-32-25-14-20(16-29-12-11-18-7-10-23(30-2)24(13-18)31-3)22(28)15-26(25)33-17-19-5-8-21(27)9-6-19/h5-10,13-15,29H,4,11-12,16-17H2,1-3H3. The molecular formula is C26H29Cl2NO4. The zero-order valence-electron chi connectivity index (χ0n) is 19.1. The Labute approximate surface area is 205 Å². The lowest BCUT2D eigenvalue weighted by Crippen LogP contribution is -2.17. The van der Waals surface area contributed by atoms with Crippen molar-refractivity contribution >= 4 is 23.2 Å². The Hall–Kier alpha value is -2.60. The van der Waals surface area contributed by atoms with E-state index in [4.69, 9.17) is 42.1 Å². The summed E-state index contributed by atoms with van der Waals surface area (Å²) in [5.74, 6) is 2.75.